The van der Waals surface area contributed by atoms with Gasteiger partial charge in [-0.2, -0.15) is 8.78 Å². The maximum absolute atomic E-state index is 12.3. The molecule has 0 radical (unpaired) electrons. The number of hydrogen-bond donors (Lipinski definition) is 2. The van der Waals surface area contributed by atoms with Crippen LogP contribution in [-0.4, -0.2) is 41.7 Å². The first kappa shape index (κ1) is 18.0. The fourth-order valence-electron chi connectivity index (χ4n) is 2.63. The molecule has 1 aromatic rings. The summed E-state index contributed by atoms with van der Waals surface area (Å²) in [7, 11) is 0. The van der Waals surface area contributed by atoms with E-state index in [0.717, 1.165) is 0 Å². The van der Waals surface area contributed by atoms with Gasteiger partial charge in [-0.25, -0.2) is 4.79 Å². The Morgan fingerprint density at radius 3 is 2.71 bits per heavy atom. The molecular formula is C16H20F2N2O4. The molecule has 1 saturated heterocycles. The molecule has 132 valence electrons. The maximum atomic E-state index is 12.3. The third-order valence-electron chi connectivity index (χ3n) is 4.20. The lowest BCUT2D eigenvalue weighted by molar-refractivity contribution is -0.147. The Morgan fingerprint density at radius 1 is 1.42 bits per heavy atom. The van der Waals surface area contributed by atoms with Crippen molar-refractivity contribution in [2.45, 2.75) is 32.9 Å². The van der Waals surface area contributed by atoms with Crippen LogP contribution in [0.1, 0.15) is 31.9 Å². The number of carbonyl (C=O) groups is 2. The van der Waals surface area contributed by atoms with Gasteiger partial charge in [0, 0.05) is 13.1 Å². The van der Waals surface area contributed by atoms with Gasteiger partial charge in [0.1, 0.15) is 5.75 Å². The number of nitrogens with zero attached hydrogens (tertiary/aromatic N) is 1. The van der Waals surface area contributed by atoms with E-state index in [0.29, 0.717) is 18.5 Å². The van der Waals surface area contributed by atoms with Crippen molar-refractivity contribution in [2.24, 2.45) is 5.41 Å². The first-order chi connectivity index (χ1) is 11.2. The number of urea groups is 1. The number of rotatable bonds is 5. The van der Waals surface area contributed by atoms with Crippen molar-refractivity contribution >= 4 is 12.0 Å². The molecule has 0 bridgehead atoms. The fraction of sp³-hybridized carbons (Fsp3) is 0.500. The molecule has 0 aliphatic carbocycles. The van der Waals surface area contributed by atoms with Crippen LogP contribution in [0.3, 0.4) is 0 Å². The fourth-order valence-corrected chi connectivity index (χ4v) is 2.63. The van der Waals surface area contributed by atoms with E-state index in [2.05, 4.69) is 10.1 Å². The van der Waals surface area contributed by atoms with Gasteiger partial charge >= 0.3 is 18.6 Å². The minimum Gasteiger partial charge on any atom is -0.481 e. The Balaban J connectivity index is 1.98. The molecule has 1 aromatic carbocycles. The van der Waals surface area contributed by atoms with Gasteiger partial charge < -0.3 is 20.1 Å². The van der Waals surface area contributed by atoms with Gasteiger partial charge in [-0.15, -0.1) is 0 Å². The van der Waals surface area contributed by atoms with Gasteiger partial charge in [0.05, 0.1) is 11.5 Å². The third kappa shape index (κ3) is 4.12. The van der Waals surface area contributed by atoms with Crippen LogP contribution in [0.25, 0.3) is 0 Å². The van der Waals surface area contributed by atoms with E-state index in [-0.39, 0.29) is 18.3 Å². The zero-order chi connectivity index (χ0) is 17.9. The molecular weight excluding hydrogens is 322 g/mol. The van der Waals surface area contributed by atoms with Crippen LogP contribution in [-0.2, 0) is 4.79 Å². The monoisotopic (exact) mass is 342 g/mol. The lowest BCUT2D eigenvalue weighted by Crippen LogP contribution is -2.41. The second-order valence-electron chi connectivity index (χ2n) is 6.16. The van der Waals surface area contributed by atoms with E-state index in [4.69, 9.17) is 0 Å². The molecule has 1 aliphatic heterocycles. The molecule has 8 heteroatoms. The SMILES string of the molecule is CC(NC(=O)N1CCC(C)(C(=O)O)C1)c1cccc(OC(F)F)c1. The molecule has 0 spiro atoms. The molecule has 2 unspecified atom stereocenters. The van der Waals surface area contributed by atoms with Gasteiger partial charge in [-0.3, -0.25) is 4.79 Å². The number of halogens is 2. The number of carboxylic acid groups (broad SMARTS) is 1. The molecule has 2 rings (SSSR count). The van der Waals surface area contributed by atoms with Crippen LogP contribution in [0, 0.1) is 5.41 Å². The summed E-state index contributed by atoms with van der Waals surface area (Å²) in [4.78, 5) is 24.9. The Morgan fingerprint density at radius 2 is 2.12 bits per heavy atom. The van der Waals surface area contributed by atoms with Gasteiger partial charge in [0.25, 0.3) is 0 Å². The number of alkyl halides is 2. The number of carboxylic acids is 1. The number of likely N-dealkylation sites (tertiary alicyclic amines) is 1. The largest absolute Gasteiger partial charge is 0.481 e. The smallest absolute Gasteiger partial charge is 0.387 e. The number of benzene rings is 1. The summed E-state index contributed by atoms with van der Waals surface area (Å²) >= 11 is 0. The number of hydrogen-bond acceptors (Lipinski definition) is 3. The second kappa shape index (κ2) is 7.02. The lowest BCUT2D eigenvalue weighted by atomic mass is 9.90. The van der Waals surface area contributed by atoms with Crippen molar-refractivity contribution < 1.29 is 28.2 Å². The minimum absolute atomic E-state index is 0.0169. The van der Waals surface area contributed by atoms with Gasteiger partial charge in [-0.1, -0.05) is 12.1 Å². The van der Waals surface area contributed by atoms with Crippen molar-refractivity contribution in [3.63, 3.8) is 0 Å². The molecule has 24 heavy (non-hydrogen) atoms. The molecule has 2 N–H and O–H groups in total. The molecule has 0 saturated carbocycles. The van der Waals surface area contributed by atoms with Crippen LogP contribution in [0.4, 0.5) is 13.6 Å². The van der Waals surface area contributed by atoms with Gasteiger partial charge in [0.2, 0.25) is 0 Å². The van der Waals surface area contributed by atoms with Crippen molar-refractivity contribution in [2.75, 3.05) is 13.1 Å². The lowest BCUT2D eigenvalue weighted by Gasteiger charge is -2.23. The van der Waals surface area contributed by atoms with Crippen LogP contribution in [0.15, 0.2) is 24.3 Å². The summed E-state index contributed by atoms with van der Waals surface area (Å²) in [5.41, 5.74) is -0.326. The molecule has 2 atom stereocenters. The molecule has 0 aromatic heterocycles. The summed E-state index contributed by atoms with van der Waals surface area (Å²) in [6.07, 6.45) is 0.391. The van der Waals surface area contributed by atoms with Crippen LogP contribution in [0.2, 0.25) is 0 Å². The van der Waals surface area contributed by atoms with Crippen molar-refractivity contribution in [1.29, 1.82) is 0 Å². The molecule has 2 amide bonds. The summed E-state index contributed by atoms with van der Waals surface area (Å²) in [6, 6.07) is 5.27. The maximum Gasteiger partial charge on any atom is 0.387 e. The molecule has 6 nitrogen and oxygen atoms in total. The Labute approximate surface area is 138 Å². The summed E-state index contributed by atoms with van der Waals surface area (Å²) in [6.45, 7) is 0.900. The van der Waals surface area contributed by atoms with Crippen molar-refractivity contribution in [3.8, 4) is 5.75 Å². The van der Waals surface area contributed by atoms with E-state index in [1.807, 2.05) is 0 Å². The molecule has 1 heterocycles. The van der Waals surface area contributed by atoms with E-state index in [1.54, 1.807) is 26.0 Å². The highest BCUT2D eigenvalue weighted by atomic mass is 19.3. The van der Waals surface area contributed by atoms with Crippen LogP contribution in [0.5, 0.6) is 5.75 Å². The molecule has 1 aliphatic rings. The molecule has 1 fully saturated rings. The van der Waals surface area contributed by atoms with Crippen LogP contribution >= 0.6 is 0 Å². The average Bonchev–Trinajstić information content (AvgIpc) is 2.91. The average molecular weight is 342 g/mol. The topological polar surface area (TPSA) is 78.9 Å². The summed E-state index contributed by atoms with van der Waals surface area (Å²) in [5, 5.41) is 11.9. The second-order valence-corrected chi connectivity index (χ2v) is 6.16. The number of nitrogens with one attached hydrogen (secondary N) is 1. The zero-order valence-corrected chi connectivity index (χ0v) is 13.5. The highest BCUT2D eigenvalue weighted by molar-refractivity contribution is 5.79. The standard InChI is InChI=1S/C16H20F2N2O4/c1-10(11-4-3-5-12(8-11)24-14(17)18)19-15(23)20-7-6-16(2,9-20)13(21)22/h3-5,8,10,14H,6-7,9H2,1-2H3,(H,19,23)(H,21,22). The van der Waals surface area contributed by atoms with Crippen molar-refractivity contribution in [3.05, 3.63) is 29.8 Å². The van der Waals surface area contributed by atoms with E-state index in [1.165, 1.54) is 17.0 Å². The number of ether oxygens (including phenoxy) is 1. The predicted molar refractivity (Wildman–Crippen MR) is 82.0 cm³/mol. The Bertz CT molecular complexity index is 626. The minimum atomic E-state index is -2.91. The number of aliphatic carboxylic acids is 1. The Hall–Kier alpha value is -2.38. The third-order valence-corrected chi connectivity index (χ3v) is 4.20. The van der Waals surface area contributed by atoms with E-state index >= 15 is 0 Å². The first-order valence-electron chi connectivity index (χ1n) is 7.55. The van der Waals surface area contributed by atoms with Crippen molar-refractivity contribution in [1.82, 2.24) is 10.2 Å². The highest BCUT2D eigenvalue weighted by Crippen LogP contribution is 2.30. The normalized spacial score (nSPS) is 21.6. The van der Waals surface area contributed by atoms with E-state index in [9.17, 15) is 23.5 Å². The highest BCUT2D eigenvalue weighted by Gasteiger charge is 2.42. The Kier molecular flexibility index (Phi) is 5.26. The van der Waals surface area contributed by atoms with Crippen LogP contribution < -0.4 is 10.1 Å². The quantitative estimate of drug-likeness (QED) is 0.862. The first-order valence-corrected chi connectivity index (χ1v) is 7.55. The zero-order valence-electron chi connectivity index (χ0n) is 13.5. The van der Waals surface area contributed by atoms with Gasteiger partial charge in [0.15, 0.2) is 0 Å². The summed E-state index contributed by atoms with van der Waals surface area (Å²) in [5.74, 6) is -0.911. The van der Waals surface area contributed by atoms with Gasteiger partial charge in [-0.05, 0) is 38.0 Å². The number of amides is 2. The predicted octanol–water partition coefficient (Wildman–Crippen LogP) is 2.86. The van der Waals surface area contributed by atoms with E-state index < -0.39 is 24.0 Å². The summed E-state index contributed by atoms with van der Waals surface area (Å²) < 4.78 is 28.9. The number of carbonyl (C=O) groups excluding carboxylic acids is 1.